The number of aromatic amines is 1. The summed E-state index contributed by atoms with van der Waals surface area (Å²) in [6.07, 6.45) is 4.94. The second-order valence-electron chi connectivity index (χ2n) is 7.18. The fourth-order valence-corrected chi connectivity index (χ4v) is 3.67. The topological polar surface area (TPSA) is 66.9 Å². The quantitative estimate of drug-likeness (QED) is 0.386. The molecule has 152 valence electrons. The van der Waals surface area contributed by atoms with Crippen molar-refractivity contribution in [3.8, 4) is 0 Å². The standard InChI is InChI=1S/C23H27N3O2S/c27-21(24-16-9-12-18-10-3-1-4-11-18)15-5-2-8-17-26-22(28)19-13-6-7-14-20(19)25-23(26)29/h1,3-4,6-7,10-11,13-14H,2,5,8-9,12,15-17H2,(H,24,27)(H,25,29). The second kappa shape index (κ2) is 10.7. The van der Waals surface area contributed by atoms with E-state index < -0.39 is 0 Å². The molecule has 1 heterocycles. The van der Waals surface area contributed by atoms with Crippen molar-refractivity contribution in [2.45, 2.75) is 45.1 Å². The summed E-state index contributed by atoms with van der Waals surface area (Å²) in [5, 5.41) is 3.63. The van der Waals surface area contributed by atoms with Crippen LogP contribution in [0.4, 0.5) is 0 Å². The number of amides is 1. The molecule has 3 aromatic rings. The Labute approximate surface area is 175 Å². The van der Waals surface area contributed by atoms with E-state index in [1.165, 1.54) is 5.56 Å². The van der Waals surface area contributed by atoms with E-state index in [9.17, 15) is 9.59 Å². The average Bonchev–Trinajstić information content (AvgIpc) is 2.74. The molecule has 5 nitrogen and oxygen atoms in total. The molecule has 0 bridgehead atoms. The molecule has 1 amide bonds. The van der Waals surface area contributed by atoms with Gasteiger partial charge in [-0.2, -0.15) is 0 Å². The third-order valence-electron chi connectivity index (χ3n) is 4.98. The van der Waals surface area contributed by atoms with Crippen molar-refractivity contribution in [3.63, 3.8) is 0 Å². The lowest BCUT2D eigenvalue weighted by Gasteiger charge is -2.08. The Morgan fingerprint density at radius 3 is 2.55 bits per heavy atom. The number of unbranched alkanes of at least 4 members (excludes halogenated alkanes) is 2. The Kier molecular flexibility index (Phi) is 7.76. The highest BCUT2D eigenvalue weighted by Crippen LogP contribution is 2.08. The molecular weight excluding hydrogens is 382 g/mol. The van der Waals surface area contributed by atoms with Crippen LogP contribution in [0.2, 0.25) is 0 Å². The first kappa shape index (κ1) is 21.0. The molecule has 0 spiro atoms. The lowest BCUT2D eigenvalue weighted by atomic mass is 10.1. The van der Waals surface area contributed by atoms with Crippen molar-refractivity contribution in [3.05, 3.63) is 75.3 Å². The van der Waals surface area contributed by atoms with Crippen molar-refractivity contribution < 1.29 is 4.79 Å². The maximum absolute atomic E-state index is 12.6. The number of hydrogen-bond donors (Lipinski definition) is 2. The number of benzene rings is 2. The number of hydrogen-bond acceptors (Lipinski definition) is 3. The molecule has 0 saturated heterocycles. The number of aromatic nitrogens is 2. The average molecular weight is 410 g/mol. The summed E-state index contributed by atoms with van der Waals surface area (Å²) in [6, 6.07) is 17.7. The molecule has 3 rings (SSSR count). The van der Waals surface area contributed by atoms with E-state index in [1.54, 1.807) is 4.57 Å². The number of para-hydroxylation sites is 1. The molecule has 2 N–H and O–H groups in total. The highest BCUT2D eigenvalue weighted by molar-refractivity contribution is 7.71. The maximum Gasteiger partial charge on any atom is 0.262 e. The summed E-state index contributed by atoms with van der Waals surface area (Å²) < 4.78 is 2.06. The van der Waals surface area contributed by atoms with Crippen LogP contribution in [0, 0.1) is 4.77 Å². The van der Waals surface area contributed by atoms with Gasteiger partial charge in [0.2, 0.25) is 5.91 Å². The minimum atomic E-state index is -0.0551. The largest absolute Gasteiger partial charge is 0.356 e. The van der Waals surface area contributed by atoms with E-state index in [0.29, 0.717) is 29.7 Å². The molecule has 0 atom stereocenters. The number of rotatable bonds is 10. The Morgan fingerprint density at radius 2 is 1.72 bits per heavy atom. The van der Waals surface area contributed by atoms with Gasteiger partial charge in [-0.15, -0.1) is 0 Å². The Morgan fingerprint density at radius 1 is 0.966 bits per heavy atom. The summed E-state index contributed by atoms with van der Waals surface area (Å²) in [4.78, 5) is 27.6. The van der Waals surface area contributed by atoms with Crippen LogP contribution in [0.1, 0.15) is 37.7 Å². The Balaban J connectivity index is 1.35. The van der Waals surface area contributed by atoms with Crippen molar-refractivity contribution >= 4 is 29.0 Å². The van der Waals surface area contributed by atoms with E-state index >= 15 is 0 Å². The normalized spacial score (nSPS) is 10.9. The Bertz CT molecular complexity index is 1060. The monoisotopic (exact) mass is 409 g/mol. The van der Waals surface area contributed by atoms with Crippen LogP contribution in [0.3, 0.4) is 0 Å². The number of fused-ring (bicyclic) bond motifs is 1. The van der Waals surface area contributed by atoms with Gasteiger partial charge in [0.1, 0.15) is 0 Å². The van der Waals surface area contributed by atoms with Crippen LogP contribution >= 0.6 is 12.2 Å². The fraction of sp³-hybridized carbons (Fsp3) is 0.348. The van der Waals surface area contributed by atoms with Crippen LogP contribution in [-0.2, 0) is 17.8 Å². The van der Waals surface area contributed by atoms with Gasteiger partial charge in [-0.25, -0.2) is 0 Å². The zero-order chi connectivity index (χ0) is 20.5. The highest BCUT2D eigenvalue weighted by Gasteiger charge is 2.05. The molecule has 1 aromatic heterocycles. The van der Waals surface area contributed by atoms with Crippen molar-refractivity contribution in [2.24, 2.45) is 0 Å². The first-order chi connectivity index (χ1) is 14.1. The molecule has 0 fully saturated rings. The molecule has 2 aromatic carbocycles. The minimum absolute atomic E-state index is 0.0551. The molecule has 0 aliphatic rings. The van der Waals surface area contributed by atoms with Gasteiger partial charge in [0.05, 0.1) is 10.9 Å². The van der Waals surface area contributed by atoms with E-state index in [0.717, 1.165) is 37.6 Å². The lowest BCUT2D eigenvalue weighted by Crippen LogP contribution is -2.24. The second-order valence-corrected chi connectivity index (χ2v) is 7.57. The van der Waals surface area contributed by atoms with Gasteiger partial charge in [0, 0.05) is 19.5 Å². The van der Waals surface area contributed by atoms with Crippen LogP contribution in [0.25, 0.3) is 10.9 Å². The number of H-pyrrole nitrogens is 1. The van der Waals surface area contributed by atoms with Gasteiger partial charge in [-0.3, -0.25) is 14.2 Å². The Hall–Kier alpha value is -2.73. The molecule has 0 aliphatic heterocycles. The van der Waals surface area contributed by atoms with Gasteiger partial charge in [0.15, 0.2) is 4.77 Å². The summed E-state index contributed by atoms with van der Waals surface area (Å²) in [7, 11) is 0. The number of carbonyl (C=O) groups excluding carboxylic acids is 1. The number of carbonyl (C=O) groups is 1. The molecule has 0 radical (unpaired) electrons. The number of aryl methyl sites for hydroxylation is 1. The van der Waals surface area contributed by atoms with E-state index in [4.69, 9.17) is 12.2 Å². The molecular formula is C23H27N3O2S. The van der Waals surface area contributed by atoms with Gasteiger partial charge < -0.3 is 10.3 Å². The number of nitrogens with one attached hydrogen (secondary N) is 2. The van der Waals surface area contributed by atoms with E-state index in [1.807, 2.05) is 42.5 Å². The zero-order valence-corrected chi connectivity index (χ0v) is 17.3. The molecule has 6 heteroatoms. The summed E-state index contributed by atoms with van der Waals surface area (Å²) in [5.74, 6) is 0.0956. The summed E-state index contributed by atoms with van der Waals surface area (Å²) >= 11 is 5.32. The van der Waals surface area contributed by atoms with Gasteiger partial charge in [0.25, 0.3) is 5.56 Å². The van der Waals surface area contributed by atoms with Crippen LogP contribution in [0.5, 0.6) is 0 Å². The number of nitrogens with zero attached hydrogens (tertiary/aromatic N) is 1. The molecule has 0 saturated carbocycles. The molecule has 29 heavy (non-hydrogen) atoms. The summed E-state index contributed by atoms with van der Waals surface area (Å²) in [6.45, 7) is 1.27. The smallest absolute Gasteiger partial charge is 0.262 e. The predicted molar refractivity (Wildman–Crippen MR) is 120 cm³/mol. The highest BCUT2D eigenvalue weighted by atomic mass is 32.1. The fourth-order valence-electron chi connectivity index (χ4n) is 3.39. The first-order valence-corrected chi connectivity index (χ1v) is 10.6. The van der Waals surface area contributed by atoms with Gasteiger partial charge >= 0.3 is 0 Å². The van der Waals surface area contributed by atoms with Crippen molar-refractivity contribution in [1.29, 1.82) is 0 Å². The third-order valence-corrected chi connectivity index (χ3v) is 5.30. The van der Waals surface area contributed by atoms with E-state index in [-0.39, 0.29) is 11.5 Å². The van der Waals surface area contributed by atoms with Crippen molar-refractivity contribution in [1.82, 2.24) is 14.9 Å². The van der Waals surface area contributed by atoms with Crippen LogP contribution in [0.15, 0.2) is 59.4 Å². The van der Waals surface area contributed by atoms with Gasteiger partial charge in [-0.05, 0) is 55.6 Å². The SMILES string of the molecule is O=C(CCCCCn1c(=S)[nH]c2ccccc2c1=O)NCCCc1ccccc1. The predicted octanol–water partition coefficient (Wildman–Crippen LogP) is 4.37. The van der Waals surface area contributed by atoms with Crippen LogP contribution < -0.4 is 10.9 Å². The summed E-state index contributed by atoms with van der Waals surface area (Å²) in [5.41, 5.74) is 2.01. The van der Waals surface area contributed by atoms with Gasteiger partial charge in [-0.1, -0.05) is 48.9 Å². The molecule has 0 aliphatic carbocycles. The maximum atomic E-state index is 12.6. The third kappa shape index (κ3) is 6.12. The zero-order valence-electron chi connectivity index (χ0n) is 16.5. The van der Waals surface area contributed by atoms with Crippen LogP contribution in [-0.4, -0.2) is 22.0 Å². The van der Waals surface area contributed by atoms with Crippen molar-refractivity contribution in [2.75, 3.05) is 6.54 Å². The lowest BCUT2D eigenvalue weighted by molar-refractivity contribution is -0.121. The van der Waals surface area contributed by atoms with E-state index in [2.05, 4.69) is 22.4 Å². The minimum Gasteiger partial charge on any atom is -0.356 e. The first-order valence-electron chi connectivity index (χ1n) is 10.2. The molecule has 0 unspecified atom stereocenters.